The maximum Gasteiger partial charge on any atom is 0.257 e. The average Bonchev–Trinajstić information content (AvgIpc) is 2.97. The highest BCUT2D eigenvalue weighted by atomic mass is 79.9. The van der Waals surface area contributed by atoms with E-state index >= 15 is 0 Å². The lowest BCUT2D eigenvalue weighted by Crippen LogP contribution is -2.36. The van der Waals surface area contributed by atoms with Gasteiger partial charge in [0, 0.05) is 34.0 Å². The predicted octanol–water partition coefficient (Wildman–Crippen LogP) is 4.07. The van der Waals surface area contributed by atoms with Gasteiger partial charge in [-0.3, -0.25) is 14.8 Å². The van der Waals surface area contributed by atoms with E-state index in [0.29, 0.717) is 23.6 Å². The smallest absolute Gasteiger partial charge is 0.257 e. The van der Waals surface area contributed by atoms with Crippen molar-refractivity contribution >= 4 is 33.5 Å². The molecule has 0 saturated carbocycles. The van der Waals surface area contributed by atoms with Gasteiger partial charge in [0.05, 0.1) is 23.9 Å². The Morgan fingerprint density at radius 2 is 1.97 bits per heavy atom. The molecule has 0 radical (unpaired) electrons. The molecule has 0 unspecified atom stereocenters. The molecule has 8 heteroatoms. The van der Waals surface area contributed by atoms with E-state index in [2.05, 4.69) is 36.7 Å². The van der Waals surface area contributed by atoms with E-state index in [1.54, 1.807) is 24.3 Å². The Bertz CT molecular complexity index is 1140. The molecular formula is C22H21BrN6O. The van der Waals surface area contributed by atoms with Gasteiger partial charge in [-0.25, -0.2) is 4.99 Å². The van der Waals surface area contributed by atoms with E-state index in [1.807, 2.05) is 55.9 Å². The van der Waals surface area contributed by atoms with Crippen molar-refractivity contribution in [2.24, 2.45) is 12.0 Å². The van der Waals surface area contributed by atoms with Crippen LogP contribution in [-0.4, -0.2) is 21.6 Å². The first-order valence-corrected chi connectivity index (χ1v) is 10.0. The molecule has 1 amide bonds. The van der Waals surface area contributed by atoms with Crippen LogP contribution in [0.15, 0.2) is 58.0 Å². The predicted molar refractivity (Wildman–Crippen MR) is 120 cm³/mol. The van der Waals surface area contributed by atoms with Crippen LogP contribution in [-0.2, 0) is 13.6 Å². The number of benzene rings is 2. The van der Waals surface area contributed by atoms with Crippen LogP contribution in [0.2, 0.25) is 0 Å². The topological polar surface area (TPSA) is 95.1 Å². The van der Waals surface area contributed by atoms with E-state index in [1.165, 1.54) is 0 Å². The summed E-state index contributed by atoms with van der Waals surface area (Å²) in [6.07, 6.45) is 0. The molecule has 30 heavy (non-hydrogen) atoms. The number of anilines is 1. The highest BCUT2D eigenvalue weighted by Crippen LogP contribution is 2.17. The number of nitriles is 1. The van der Waals surface area contributed by atoms with Crippen LogP contribution < -0.4 is 10.6 Å². The molecule has 0 aliphatic heterocycles. The van der Waals surface area contributed by atoms with Crippen molar-refractivity contribution in [1.82, 2.24) is 15.1 Å². The van der Waals surface area contributed by atoms with Crippen molar-refractivity contribution < 1.29 is 4.79 Å². The first-order chi connectivity index (χ1) is 14.4. The summed E-state index contributed by atoms with van der Waals surface area (Å²) < 4.78 is 2.72. The zero-order valence-corrected chi connectivity index (χ0v) is 18.5. The van der Waals surface area contributed by atoms with Gasteiger partial charge in [0.1, 0.15) is 0 Å². The van der Waals surface area contributed by atoms with Gasteiger partial charge in [-0.05, 0) is 56.3 Å². The number of carbonyl (C=O) groups is 1. The fourth-order valence-electron chi connectivity index (χ4n) is 2.89. The summed E-state index contributed by atoms with van der Waals surface area (Å²) in [6.45, 7) is 4.30. The lowest BCUT2D eigenvalue weighted by atomic mass is 10.1. The molecule has 7 nitrogen and oxygen atoms in total. The second-order valence-corrected chi connectivity index (χ2v) is 7.63. The first kappa shape index (κ1) is 21.3. The lowest BCUT2D eigenvalue weighted by molar-refractivity contribution is 0.0977. The number of aromatic nitrogens is 2. The van der Waals surface area contributed by atoms with E-state index in [9.17, 15) is 4.79 Å². The Morgan fingerprint density at radius 3 is 2.57 bits per heavy atom. The molecular weight excluding hydrogens is 444 g/mol. The summed E-state index contributed by atoms with van der Waals surface area (Å²) in [4.78, 5) is 17.3. The van der Waals surface area contributed by atoms with Crippen LogP contribution in [0.25, 0.3) is 0 Å². The van der Waals surface area contributed by atoms with Gasteiger partial charge in [-0.1, -0.05) is 22.0 Å². The van der Waals surface area contributed by atoms with Crippen molar-refractivity contribution in [2.75, 3.05) is 5.32 Å². The highest BCUT2D eigenvalue weighted by Gasteiger charge is 2.12. The molecule has 3 aromatic rings. The molecule has 3 rings (SSSR count). The minimum Gasteiger partial charge on any atom is -0.326 e. The number of rotatable bonds is 4. The summed E-state index contributed by atoms with van der Waals surface area (Å²) in [7, 11) is 1.89. The normalized spacial score (nSPS) is 11.1. The maximum absolute atomic E-state index is 12.7. The Hall–Kier alpha value is -3.44. The van der Waals surface area contributed by atoms with E-state index in [-0.39, 0.29) is 5.91 Å². The number of hydrogen-bond acceptors (Lipinski definition) is 4. The lowest BCUT2D eigenvalue weighted by Gasteiger charge is -2.12. The molecule has 2 aromatic carbocycles. The van der Waals surface area contributed by atoms with Gasteiger partial charge in [0.15, 0.2) is 0 Å². The van der Waals surface area contributed by atoms with Crippen LogP contribution >= 0.6 is 15.9 Å². The molecule has 0 spiro atoms. The molecule has 0 bridgehead atoms. The molecule has 0 aliphatic rings. The first-order valence-electron chi connectivity index (χ1n) is 9.25. The minimum atomic E-state index is -0.319. The summed E-state index contributed by atoms with van der Waals surface area (Å²) in [5.41, 5.74) is 4.65. The Kier molecular flexibility index (Phi) is 6.65. The zero-order valence-electron chi connectivity index (χ0n) is 16.9. The Morgan fingerprint density at radius 1 is 1.23 bits per heavy atom. The zero-order chi connectivity index (χ0) is 21.7. The van der Waals surface area contributed by atoms with Gasteiger partial charge in [0.25, 0.3) is 5.91 Å². The van der Waals surface area contributed by atoms with Crippen molar-refractivity contribution in [3.8, 4) is 6.07 Å². The van der Waals surface area contributed by atoms with Crippen LogP contribution in [0, 0.1) is 25.2 Å². The van der Waals surface area contributed by atoms with E-state index in [0.717, 1.165) is 27.1 Å². The van der Waals surface area contributed by atoms with Crippen LogP contribution in [0.1, 0.15) is 32.9 Å². The van der Waals surface area contributed by atoms with Gasteiger partial charge in [-0.2, -0.15) is 10.4 Å². The maximum atomic E-state index is 12.7. The second kappa shape index (κ2) is 9.37. The number of aliphatic imine (C=N–C) groups is 1. The minimum absolute atomic E-state index is 0.319. The number of aryl methyl sites for hydroxylation is 2. The number of halogens is 1. The van der Waals surface area contributed by atoms with E-state index < -0.39 is 0 Å². The molecule has 0 aliphatic carbocycles. The fourth-order valence-corrected chi connectivity index (χ4v) is 3.29. The van der Waals surface area contributed by atoms with Crippen molar-refractivity contribution in [2.45, 2.75) is 20.4 Å². The second-order valence-electron chi connectivity index (χ2n) is 6.72. The third-order valence-electron chi connectivity index (χ3n) is 4.65. The highest BCUT2D eigenvalue weighted by molar-refractivity contribution is 9.10. The average molecular weight is 465 g/mol. The van der Waals surface area contributed by atoms with Crippen molar-refractivity contribution in [1.29, 1.82) is 5.26 Å². The number of amides is 1. The van der Waals surface area contributed by atoms with Gasteiger partial charge < -0.3 is 5.32 Å². The monoisotopic (exact) mass is 464 g/mol. The quantitative estimate of drug-likeness (QED) is 0.449. The number of nitrogens with one attached hydrogen (secondary N) is 2. The fraction of sp³-hybridized carbons (Fsp3) is 0.182. The Balaban J connectivity index is 1.86. The van der Waals surface area contributed by atoms with Crippen LogP contribution in [0.5, 0.6) is 0 Å². The third-order valence-corrected chi connectivity index (χ3v) is 5.14. The van der Waals surface area contributed by atoms with Gasteiger partial charge in [0.2, 0.25) is 5.96 Å². The number of guanidine groups is 1. The summed E-state index contributed by atoms with van der Waals surface area (Å²) in [5.74, 6) is 0.00507. The summed E-state index contributed by atoms with van der Waals surface area (Å²) >= 11 is 3.45. The standard InChI is InChI=1S/C22H21BrN6O/c1-14-20(15(2)29(3)28-14)13-25-22(26-19-6-4-5-18(23)11-19)27-21(30)17-9-7-16(12-24)8-10-17/h4-11H,13H2,1-3H3,(H2,25,26,27,30). The van der Waals surface area contributed by atoms with Crippen LogP contribution in [0.3, 0.4) is 0 Å². The number of nitrogens with zero attached hydrogens (tertiary/aromatic N) is 4. The van der Waals surface area contributed by atoms with Gasteiger partial charge >= 0.3 is 0 Å². The molecule has 2 N–H and O–H groups in total. The molecule has 1 heterocycles. The van der Waals surface area contributed by atoms with Crippen LogP contribution in [0.4, 0.5) is 5.69 Å². The largest absolute Gasteiger partial charge is 0.326 e. The summed E-state index contributed by atoms with van der Waals surface area (Å²) in [6, 6.07) is 16.1. The number of hydrogen-bond donors (Lipinski definition) is 2. The van der Waals surface area contributed by atoms with Crippen molar-refractivity contribution in [3.05, 3.63) is 81.1 Å². The third kappa shape index (κ3) is 5.13. The summed E-state index contributed by atoms with van der Waals surface area (Å²) in [5, 5.41) is 19.3. The molecule has 1 aromatic heterocycles. The SMILES string of the molecule is Cc1nn(C)c(C)c1CN=C(NC(=O)c1ccc(C#N)cc1)Nc1cccc(Br)c1. The number of carbonyl (C=O) groups excluding carboxylic acids is 1. The van der Waals surface area contributed by atoms with Gasteiger partial charge in [-0.15, -0.1) is 0 Å². The molecule has 152 valence electrons. The van der Waals surface area contributed by atoms with E-state index in [4.69, 9.17) is 5.26 Å². The van der Waals surface area contributed by atoms with Crippen molar-refractivity contribution in [3.63, 3.8) is 0 Å². The molecule has 0 saturated heterocycles. The molecule has 0 atom stereocenters. The Labute approximate surface area is 183 Å². The molecule has 0 fully saturated rings.